The van der Waals surface area contributed by atoms with Gasteiger partial charge in [-0.1, -0.05) is 0 Å². The van der Waals surface area contributed by atoms with Crippen molar-refractivity contribution in [3.63, 3.8) is 0 Å². The van der Waals surface area contributed by atoms with E-state index in [1.54, 1.807) is 43.2 Å². The molecule has 0 bridgehead atoms. The molecular formula is C14H20N2O3. The molecule has 1 aliphatic heterocycles. The van der Waals surface area contributed by atoms with E-state index in [0.717, 1.165) is 18.7 Å². The van der Waals surface area contributed by atoms with E-state index in [-0.39, 0.29) is 11.9 Å². The van der Waals surface area contributed by atoms with Crippen LogP contribution in [0.25, 0.3) is 0 Å². The average Bonchev–Trinajstić information content (AvgIpc) is 2.85. The number of hydrogen-bond donors (Lipinski definition) is 1. The van der Waals surface area contributed by atoms with Crippen LogP contribution in [0.5, 0.6) is 11.5 Å². The summed E-state index contributed by atoms with van der Waals surface area (Å²) in [6.45, 7) is 3.10. The highest BCUT2D eigenvalue weighted by Gasteiger charge is 2.28. The van der Waals surface area contributed by atoms with Gasteiger partial charge in [0.1, 0.15) is 11.5 Å². The molecule has 0 spiro atoms. The van der Waals surface area contributed by atoms with Crippen molar-refractivity contribution in [2.24, 2.45) is 5.73 Å². The maximum Gasteiger partial charge on any atom is 0.263 e. The highest BCUT2D eigenvalue weighted by molar-refractivity contribution is 5.81. The first-order valence-corrected chi connectivity index (χ1v) is 6.45. The van der Waals surface area contributed by atoms with Gasteiger partial charge in [0.2, 0.25) is 0 Å². The minimum absolute atomic E-state index is 0.0104. The van der Waals surface area contributed by atoms with Gasteiger partial charge in [-0.2, -0.15) is 0 Å². The lowest BCUT2D eigenvalue weighted by Gasteiger charge is -2.21. The fourth-order valence-corrected chi connectivity index (χ4v) is 2.15. The molecule has 0 saturated carbocycles. The van der Waals surface area contributed by atoms with Gasteiger partial charge in [0, 0.05) is 19.1 Å². The summed E-state index contributed by atoms with van der Waals surface area (Å²) in [6, 6.07) is 7.28. The zero-order valence-corrected chi connectivity index (χ0v) is 11.3. The van der Waals surface area contributed by atoms with Crippen LogP contribution in [-0.4, -0.2) is 43.2 Å². The molecule has 1 aromatic carbocycles. The number of carbonyl (C=O) groups is 1. The van der Waals surface area contributed by atoms with Crippen molar-refractivity contribution in [1.82, 2.24) is 4.90 Å². The van der Waals surface area contributed by atoms with Crippen LogP contribution in [0, 0.1) is 0 Å². The molecule has 0 aliphatic carbocycles. The summed E-state index contributed by atoms with van der Waals surface area (Å²) in [5, 5.41) is 0. The van der Waals surface area contributed by atoms with Gasteiger partial charge in [0.25, 0.3) is 5.91 Å². The van der Waals surface area contributed by atoms with Crippen LogP contribution in [-0.2, 0) is 4.79 Å². The largest absolute Gasteiger partial charge is 0.497 e. The fourth-order valence-electron chi connectivity index (χ4n) is 2.15. The topological polar surface area (TPSA) is 64.8 Å². The Labute approximate surface area is 113 Å². The summed E-state index contributed by atoms with van der Waals surface area (Å²) in [7, 11) is 1.61. The van der Waals surface area contributed by atoms with E-state index in [9.17, 15) is 4.79 Å². The summed E-state index contributed by atoms with van der Waals surface area (Å²) in [5.41, 5.74) is 5.80. The lowest BCUT2D eigenvalue weighted by molar-refractivity contribution is -0.136. The predicted molar refractivity (Wildman–Crippen MR) is 72.3 cm³/mol. The molecule has 1 amide bonds. The Morgan fingerprint density at radius 3 is 2.53 bits per heavy atom. The van der Waals surface area contributed by atoms with Crippen LogP contribution in [0.15, 0.2) is 24.3 Å². The third-order valence-corrected chi connectivity index (χ3v) is 3.26. The number of carbonyl (C=O) groups excluding carboxylic acids is 1. The minimum Gasteiger partial charge on any atom is -0.497 e. The van der Waals surface area contributed by atoms with Crippen molar-refractivity contribution in [2.45, 2.75) is 25.5 Å². The molecule has 0 radical (unpaired) electrons. The second kappa shape index (κ2) is 5.93. The fraction of sp³-hybridized carbons (Fsp3) is 0.500. The van der Waals surface area contributed by atoms with Crippen molar-refractivity contribution in [2.75, 3.05) is 20.2 Å². The Balaban J connectivity index is 1.92. The van der Waals surface area contributed by atoms with Gasteiger partial charge < -0.3 is 20.1 Å². The van der Waals surface area contributed by atoms with E-state index in [2.05, 4.69) is 0 Å². The van der Waals surface area contributed by atoms with Crippen LogP contribution >= 0.6 is 0 Å². The first kappa shape index (κ1) is 13.7. The first-order chi connectivity index (χ1) is 9.10. The number of rotatable bonds is 4. The molecule has 5 heteroatoms. The summed E-state index contributed by atoms with van der Waals surface area (Å²) in [6.07, 6.45) is 0.361. The molecule has 1 saturated heterocycles. The number of hydrogen-bond acceptors (Lipinski definition) is 4. The smallest absolute Gasteiger partial charge is 0.263 e. The second-order valence-electron chi connectivity index (χ2n) is 4.77. The van der Waals surface area contributed by atoms with Gasteiger partial charge in [-0.05, 0) is 37.6 Å². The number of nitrogens with zero attached hydrogens (tertiary/aromatic N) is 1. The number of benzene rings is 1. The molecule has 2 rings (SSSR count). The maximum atomic E-state index is 12.1. The normalized spacial score (nSPS) is 20.2. The number of methoxy groups -OCH3 is 1. The highest BCUT2D eigenvalue weighted by Crippen LogP contribution is 2.19. The van der Waals surface area contributed by atoms with Crippen LogP contribution in [0.4, 0.5) is 0 Å². The summed E-state index contributed by atoms with van der Waals surface area (Å²) in [5.74, 6) is 1.41. The number of likely N-dealkylation sites (tertiary alicyclic amines) is 1. The molecule has 5 nitrogen and oxygen atoms in total. The summed E-state index contributed by atoms with van der Waals surface area (Å²) >= 11 is 0. The van der Waals surface area contributed by atoms with E-state index in [4.69, 9.17) is 15.2 Å². The molecule has 2 N–H and O–H groups in total. The van der Waals surface area contributed by atoms with Crippen molar-refractivity contribution in [1.29, 1.82) is 0 Å². The molecule has 19 heavy (non-hydrogen) atoms. The quantitative estimate of drug-likeness (QED) is 0.882. The van der Waals surface area contributed by atoms with Crippen molar-refractivity contribution >= 4 is 5.91 Å². The van der Waals surface area contributed by atoms with Gasteiger partial charge in [0.15, 0.2) is 6.10 Å². The molecule has 1 aromatic rings. The molecule has 1 fully saturated rings. The maximum absolute atomic E-state index is 12.1. The summed E-state index contributed by atoms with van der Waals surface area (Å²) in [4.78, 5) is 13.9. The lowest BCUT2D eigenvalue weighted by Crippen LogP contribution is -2.40. The Hall–Kier alpha value is -1.75. The number of amides is 1. The Kier molecular flexibility index (Phi) is 4.27. The predicted octanol–water partition coefficient (Wildman–Crippen LogP) is 1.02. The van der Waals surface area contributed by atoms with Crippen molar-refractivity contribution < 1.29 is 14.3 Å². The second-order valence-corrected chi connectivity index (χ2v) is 4.77. The van der Waals surface area contributed by atoms with Crippen LogP contribution in [0.1, 0.15) is 13.3 Å². The first-order valence-electron chi connectivity index (χ1n) is 6.45. The van der Waals surface area contributed by atoms with Gasteiger partial charge in [-0.25, -0.2) is 0 Å². The molecule has 1 heterocycles. The van der Waals surface area contributed by atoms with E-state index < -0.39 is 6.10 Å². The highest BCUT2D eigenvalue weighted by atomic mass is 16.5. The molecule has 1 unspecified atom stereocenters. The van der Waals surface area contributed by atoms with Gasteiger partial charge in [-0.3, -0.25) is 4.79 Å². The standard InChI is InChI=1S/C14H20N2O3/c1-10(14(17)16-8-7-11(15)9-16)19-13-5-3-12(18-2)4-6-13/h3-6,10-11H,7-9,15H2,1-2H3/t10?,11-/m1/s1. The van der Waals surface area contributed by atoms with Crippen LogP contribution in [0.2, 0.25) is 0 Å². The Morgan fingerprint density at radius 2 is 2.00 bits per heavy atom. The van der Waals surface area contributed by atoms with Crippen LogP contribution < -0.4 is 15.2 Å². The van der Waals surface area contributed by atoms with Crippen LogP contribution in [0.3, 0.4) is 0 Å². The van der Waals surface area contributed by atoms with Gasteiger partial charge in [0.05, 0.1) is 7.11 Å². The van der Waals surface area contributed by atoms with Crippen molar-refractivity contribution in [3.8, 4) is 11.5 Å². The SMILES string of the molecule is COc1ccc(OC(C)C(=O)N2CC[C@@H](N)C2)cc1. The van der Waals surface area contributed by atoms with Gasteiger partial charge >= 0.3 is 0 Å². The zero-order chi connectivity index (χ0) is 13.8. The zero-order valence-electron chi connectivity index (χ0n) is 11.3. The Morgan fingerprint density at radius 1 is 1.37 bits per heavy atom. The summed E-state index contributed by atoms with van der Waals surface area (Å²) < 4.78 is 10.7. The molecule has 0 aromatic heterocycles. The van der Waals surface area contributed by atoms with E-state index in [1.807, 2.05) is 0 Å². The Bertz CT molecular complexity index is 433. The minimum atomic E-state index is -0.501. The average molecular weight is 264 g/mol. The lowest BCUT2D eigenvalue weighted by atomic mass is 10.3. The number of ether oxygens (including phenoxy) is 2. The molecular weight excluding hydrogens is 244 g/mol. The third kappa shape index (κ3) is 3.38. The third-order valence-electron chi connectivity index (χ3n) is 3.26. The monoisotopic (exact) mass is 264 g/mol. The molecule has 1 aliphatic rings. The van der Waals surface area contributed by atoms with E-state index in [1.165, 1.54) is 0 Å². The molecule has 2 atom stereocenters. The number of nitrogens with two attached hydrogens (primary N) is 1. The van der Waals surface area contributed by atoms with E-state index in [0.29, 0.717) is 12.3 Å². The van der Waals surface area contributed by atoms with Crippen molar-refractivity contribution in [3.05, 3.63) is 24.3 Å². The van der Waals surface area contributed by atoms with E-state index >= 15 is 0 Å². The van der Waals surface area contributed by atoms with Gasteiger partial charge in [-0.15, -0.1) is 0 Å². The molecule has 104 valence electrons.